The molecule has 148 valence electrons. The highest BCUT2D eigenvalue weighted by molar-refractivity contribution is 5.87. The molecular formula is C18H14F2N6O3. The van der Waals surface area contributed by atoms with Gasteiger partial charge < -0.3 is 5.11 Å². The van der Waals surface area contributed by atoms with Gasteiger partial charge >= 0.3 is 5.97 Å². The molecule has 0 bridgehead atoms. The Morgan fingerprint density at radius 3 is 2.55 bits per heavy atom. The van der Waals surface area contributed by atoms with E-state index in [0.717, 1.165) is 16.9 Å². The molecule has 1 aromatic carbocycles. The Morgan fingerprint density at radius 1 is 1.21 bits per heavy atom. The zero-order valence-corrected chi connectivity index (χ0v) is 15.0. The first-order valence-corrected chi connectivity index (χ1v) is 8.59. The quantitative estimate of drug-likeness (QED) is 0.531. The van der Waals surface area contributed by atoms with Gasteiger partial charge in [0.2, 0.25) is 5.95 Å². The molecule has 0 aliphatic rings. The van der Waals surface area contributed by atoms with Crippen molar-refractivity contribution in [2.45, 2.75) is 19.4 Å². The van der Waals surface area contributed by atoms with E-state index >= 15 is 0 Å². The molecule has 4 rings (SSSR count). The Balaban J connectivity index is 1.82. The van der Waals surface area contributed by atoms with Crippen molar-refractivity contribution in [2.75, 3.05) is 0 Å². The van der Waals surface area contributed by atoms with Gasteiger partial charge in [0.05, 0.1) is 24.0 Å². The van der Waals surface area contributed by atoms with Crippen LogP contribution in [0.15, 0.2) is 41.6 Å². The van der Waals surface area contributed by atoms with Crippen molar-refractivity contribution in [1.29, 1.82) is 0 Å². The fourth-order valence-corrected chi connectivity index (χ4v) is 3.17. The first-order valence-electron chi connectivity index (χ1n) is 8.59. The summed E-state index contributed by atoms with van der Waals surface area (Å²) >= 11 is 0. The number of rotatable bonds is 5. The van der Waals surface area contributed by atoms with Crippen molar-refractivity contribution >= 4 is 17.0 Å². The summed E-state index contributed by atoms with van der Waals surface area (Å²) in [5, 5.41) is 17.1. The zero-order valence-electron chi connectivity index (χ0n) is 15.0. The van der Waals surface area contributed by atoms with E-state index in [1.807, 2.05) is 0 Å². The number of hydrogen-bond donors (Lipinski definition) is 2. The molecule has 9 nitrogen and oxygen atoms in total. The second-order valence-corrected chi connectivity index (χ2v) is 6.32. The highest BCUT2D eigenvalue weighted by Gasteiger charge is 2.20. The van der Waals surface area contributed by atoms with E-state index in [0.29, 0.717) is 12.0 Å². The van der Waals surface area contributed by atoms with Gasteiger partial charge in [-0.2, -0.15) is 10.2 Å². The average Bonchev–Trinajstić information content (AvgIpc) is 3.29. The number of aromatic amines is 1. The van der Waals surface area contributed by atoms with E-state index in [2.05, 4.69) is 20.2 Å². The molecular weight excluding hydrogens is 386 g/mol. The molecule has 0 saturated heterocycles. The lowest BCUT2D eigenvalue weighted by molar-refractivity contribution is 0.0697. The standard InChI is InChI=1S/C18H14F2N6O3/c1-2-14(9-3-11(19)5-12(20)4-9)26-15-13(7-22-26)23-18(24-16(15)27)25-8-10(6-21-25)17(28)29/h3-8,14H,2H2,1H3,(H,28,29)(H,23,24,27). The van der Waals surface area contributed by atoms with E-state index in [9.17, 15) is 18.4 Å². The van der Waals surface area contributed by atoms with Gasteiger partial charge in [-0.15, -0.1) is 0 Å². The zero-order chi connectivity index (χ0) is 20.7. The molecule has 11 heteroatoms. The lowest BCUT2D eigenvalue weighted by atomic mass is 10.0. The second-order valence-electron chi connectivity index (χ2n) is 6.32. The van der Waals surface area contributed by atoms with Gasteiger partial charge in [0.25, 0.3) is 5.56 Å². The molecule has 0 radical (unpaired) electrons. The van der Waals surface area contributed by atoms with E-state index in [4.69, 9.17) is 5.11 Å². The Morgan fingerprint density at radius 2 is 1.93 bits per heavy atom. The molecule has 0 spiro atoms. The average molecular weight is 400 g/mol. The Kier molecular flexibility index (Phi) is 4.41. The maximum absolute atomic E-state index is 13.7. The maximum Gasteiger partial charge on any atom is 0.338 e. The van der Waals surface area contributed by atoms with Gasteiger partial charge in [0, 0.05) is 12.3 Å². The van der Waals surface area contributed by atoms with Crippen LogP contribution in [0.25, 0.3) is 17.0 Å². The molecule has 0 saturated carbocycles. The van der Waals surface area contributed by atoms with Gasteiger partial charge in [-0.25, -0.2) is 23.2 Å². The number of hydrogen-bond acceptors (Lipinski definition) is 5. The number of aromatic carboxylic acids is 1. The predicted molar refractivity (Wildman–Crippen MR) is 97.0 cm³/mol. The number of H-pyrrole nitrogens is 1. The molecule has 1 unspecified atom stereocenters. The normalized spacial score (nSPS) is 12.4. The highest BCUT2D eigenvalue weighted by Crippen LogP contribution is 2.25. The first-order chi connectivity index (χ1) is 13.9. The smallest absolute Gasteiger partial charge is 0.338 e. The predicted octanol–water partition coefficient (Wildman–Crippen LogP) is 2.28. The van der Waals surface area contributed by atoms with E-state index in [1.54, 1.807) is 6.92 Å². The summed E-state index contributed by atoms with van der Waals surface area (Å²) in [6, 6.07) is 2.57. The largest absolute Gasteiger partial charge is 0.478 e. The molecule has 2 N–H and O–H groups in total. The molecule has 0 aliphatic heterocycles. The van der Waals surface area contributed by atoms with Crippen LogP contribution >= 0.6 is 0 Å². The molecule has 3 heterocycles. The third-order valence-corrected chi connectivity index (χ3v) is 4.44. The number of nitrogens with one attached hydrogen (secondary N) is 1. The topological polar surface area (TPSA) is 119 Å². The number of halogens is 2. The Bertz CT molecular complexity index is 1270. The van der Waals surface area contributed by atoms with E-state index in [1.165, 1.54) is 29.2 Å². The lowest BCUT2D eigenvalue weighted by Crippen LogP contribution is -2.20. The van der Waals surface area contributed by atoms with Crippen LogP contribution in [0, 0.1) is 11.6 Å². The molecule has 3 aromatic heterocycles. The first kappa shape index (κ1) is 18.5. The number of aromatic nitrogens is 6. The van der Waals surface area contributed by atoms with Crippen LogP contribution in [0.4, 0.5) is 8.78 Å². The summed E-state index contributed by atoms with van der Waals surface area (Å²) in [5.41, 5.74) is 0.0619. The molecule has 0 amide bonds. The van der Waals surface area contributed by atoms with E-state index in [-0.39, 0.29) is 22.5 Å². The summed E-state index contributed by atoms with van der Waals surface area (Å²) in [5.74, 6) is -2.60. The second kappa shape index (κ2) is 6.93. The third kappa shape index (κ3) is 3.26. The van der Waals surface area contributed by atoms with Crippen molar-refractivity contribution in [2.24, 2.45) is 0 Å². The van der Waals surface area contributed by atoms with Crippen LogP contribution in [-0.4, -0.2) is 40.6 Å². The maximum atomic E-state index is 13.7. The number of fused-ring (bicyclic) bond motifs is 1. The number of carboxylic acids is 1. The summed E-state index contributed by atoms with van der Waals surface area (Å²) in [7, 11) is 0. The Labute approximate surface area is 161 Å². The third-order valence-electron chi connectivity index (χ3n) is 4.44. The van der Waals surface area contributed by atoms with E-state index < -0.39 is 29.2 Å². The molecule has 1 atom stereocenters. The molecule has 4 aromatic rings. The summed E-state index contributed by atoms with van der Waals surface area (Å²) in [6.07, 6.45) is 4.11. The van der Waals surface area contributed by atoms with Gasteiger partial charge in [0.15, 0.2) is 5.52 Å². The number of benzene rings is 1. The van der Waals surface area contributed by atoms with Crippen LogP contribution in [0.3, 0.4) is 0 Å². The van der Waals surface area contributed by atoms with Crippen LogP contribution < -0.4 is 5.56 Å². The van der Waals surface area contributed by atoms with Crippen LogP contribution in [0.1, 0.15) is 35.3 Å². The van der Waals surface area contributed by atoms with Crippen molar-refractivity contribution < 1.29 is 18.7 Å². The molecule has 29 heavy (non-hydrogen) atoms. The SMILES string of the molecule is CCC(c1cc(F)cc(F)c1)n1ncc2nc(-n3cc(C(=O)O)cn3)[nH]c(=O)c21. The fraction of sp³-hybridized carbons (Fsp3) is 0.167. The van der Waals surface area contributed by atoms with Crippen LogP contribution in [-0.2, 0) is 0 Å². The minimum absolute atomic E-state index is 0.0133. The number of carbonyl (C=O) groups is 1. The number of carboxylic acid groups (broad SMARTS) is 1. The summed E-state index contributed by atoms with van der Waals surface area (Å²) in [4.78, 5) is 30.5. The van der Waals surface area contributed by atoms with Crippen molar-refractivity contribution in [3.8, 4) is 5.95 Å². The van der Waals surface area contributed by atoms with Gasteiger partial charge in [-0.05, 0) is 24.1 Å². The highest BCUT2D eigenvalue weighted by atomic mass is 19.1. The fourth-order valence-electron chi connectivity index (χ4n) is 3.17. The van der Waals surface area contributed by atoms with Crippen molar-refractivity contribution in [3.05, 3.63) is 69.9 Å². The van der Waals surface area contributed by atoms with Gasteiger partial charge in [-0.3, -0.25) is 14.5 Å². The van der Waals surface area contributed by atoms with Crippen molar-refractivity contribution in [1.82, 2.24) is 29.5 Å². The van der Waals surface area contributed by atoms with Crippen molar-refractivity contribution in [3.63, 3.8) is 0 Å². The lowest BCUT2D eigenvalue weighted by Gasteiger charge is -2.17. The number of nitrogens with zero attached hydrogens (tertiary/aromatic N) is 5. The van der Waals surface area contributed by atoms with Gasteiger partial charge in [0.1, 0.15) is 17.2 Å². The minimum atomic E-state index is -1.17. The minimum Gasteiger partial charge on any atom is -0.478 e. The monoisotopic (exact) mass is 400 g/mol. The molecule has 0 fully saturated rings. The summed E-state index contributed by atoms with van der Waals surface area (Å²) < 4.78 is 29.8. The van der Waals surface area contributed by atoms with Crippen LogP contribution in [0.5, 0.6) is 0 Å². The summed E-state index contributed by atoms with van der Waals surface area (Å²) in [6.45, 7) is 1.80. The van der Waals surface area contributed by atoms with Crippen LogP contribution in [0.2, 0.25) is 0 Å². The Hall–Kier alpha value is -3.89. The molecule has 0 aliphatic carbocycles. The van der Waals surface area contributed by atoms with Gasteiger partial charge in [-0.1, -0.05) is 6.92 Å².